The highest BCUT2D eigenvalue weighted by Crippen LogP contribution is 2.31. The average Bonchev–Trinajstić information content (AvgIpc) is 3.33. The van der Waals surface area contributed by atoms with Crippen LogP contribution in [0.2, 0.25) is 0 Å². The minimum atomic E-state index is -0.241. The van der Waals surface area contributed by atoms with Crippen LogP contribution in [0.15, 0.2) is 83.9 Å². The second-order valence-electron chi connectivity index (χ2n) is 7.09. The van der Waals surface area contributed by atoms with Gasteiger partial charge in [-0.1, -0.05) is 53.8 Å². The molecule has 0 spiro atoms. The van der Waals surface area contributed by atoms with Crippen LogP contribution in [0.4, 0.5) is 9.52 Å². The molecule has 5 aromatic rings. The lowest BCUT2D eigenvalue weighted by Gasteiger charge is -2.05. The van der Waals surface area contributed by atoms with Gasteiger partial charge in [0, 0.05) is 28.5 Å². The first-order chi connectivity index (χ1) is 15.2. The Morgan fingerprint density at radius 1 is 1.06 bits per heavy atom. The van der Waals surface area contributed by atoms with Crippen molar-refractivity contribution in [2.75, 3.05) is 11.1 Å². The van der Waals surface area contributed by atoms with Crippen LogP contribution in [0, 0.1) is 5.82 Å². The summed E-state index contributed by atoms with van der Waals surface area (Å²) in [5.41, 5.74) is 2.84. The molecule has 7 heteroatoms. The molecule has 0 radical (unpaired) electrons. The molecule has 0 saturated heterocycles. The molecule has 0 fully saturated rings. The maximum absolute atomic E-state index is 13.6. The predicted molar refractivity (Wildman–Crippen MR) is 126 cm³/mol. The van der Waals surface area contributed by atoms with Crippen molar-refractivity contribution in [1.82, 2.24) is 9.55 Å². The monoisotopic (exact) mass is 447 g/mol. The normalized spacial score (nSPS) is 11.3. The Labute approximate surface area is 186 Å². The van der Waals surface area contributed by atoms with E-state index in [2.05, 4.69) is 14.9 Å². The molecule has 3 aromatic carbocycles. The van der Waals surface area contributed by atoms with E-state index in [1.807, 2.05) is 60.8 Å². The maximum atomic E-state index is 13.6. The first-order valence-electron chi connectivity index (χ1n) is 9.76. The molecule has 0 saturated carbocycles. The minimum absolute atomic E-state index is 0.0917. The van der Waals surface area contributed by atoms with Crippen LogP contribution < -0.4 is 5.32 Å². The number of nitrogens with zero attached hydrogens (tertiary/aromatic N) is 2. The third-order valence-corrected chi connectivity index (χ3v) is 6.89. The number of thiazole rings is 1. The standard InChI is InChI=1S/C24H18FN3OS2/c25-17-7-5-6-16(12-17)13-28-14-22(18-8-1-3-10-20(18)28)30-15-23(29)27-24-26-19-9-2-4-11-21(19)31-24/h1-12,14H,13,15H2,(H,26,27,29). The van der Waals surface area contributed by atoms with Crippen LogP contribution in [-0.4, -0.2) is 21.2 Å². The molecule has 5 rings (SSSR count). The van der Waals surface area contributed by atoms with Crippen molar-refractivity contribution in [2.45, 2.75) is 11.4 Å². The number of carbonyl (C=O) groups excluding carboxylic acids is 1. The molecule has 0 unspecified atom stereocenters. The van der Waals surface area contributed by atoms with Gasteiger partial charge in [0.1, 0.15) is 5.82 Å². The zero-order valence-electron chi connectivity index (χ0n) is 16.4. The minimum Gasteiger partial charge on any atom is -0.342 e. The Balaban J connectivity index is 1.32. The lowest BCUT2D eigenvalue weighted by atomic mass is 10.2. The first kappa shape index (κ1) is 19.8. The van der Waals surface area contributed by atoms with Gasteiger partial charge < -0.3 is 9.88 Å². The molecule has 154 valence electrons. The van der Waals surface area contributed by atoms with Gasteiger partial charge in [-0.05, 0) is 35.9 Å². The zero-order valence-corrected chi connectivity index (χ0v) is 18.0. The SMILES string of the molecule is O=C(CSc1cn(Cc2cccc(F)c2)c2ccccc12)Nc1nc2ccccc2s1. The number of aromatic nitrogens is 2. The molecule has 0 aliphatic rings. The molecule has 31 heavy (non-hydrogen) atoms. The maximum Gasteiger partial charge on any atom is 0.236 e. The Kier molecular flexibility index (Phi) is 5.44. The van der Waals surface area contributed by atoms with E-state index in [0.717, 1.165) is 31.6 Å². The van der Waals surface area contributed by atoms with Crippen molar-refractivity contribution in [3.63, 3.8) is 0 Å². The molecule has 0 atom stereocenters. The number of amides is 1. The number of thioether (sulfide) groups is 1. The van der Waals surface area contributed by atoms with Crippen LogP contribution >= 0.6 is 23.1 Å². The number of halogens is 1. The molecular formula is C24H18FN3OS2. The highest BCUT2D eigenvalue weighted by Gasteiger charge is 2.13. The van der Waals surface area contributed by atoms with Crippen LogP contribution in [-0.2, 0) is 11.3 Å². The van der Waals surface area contributed by atoms with E-state index in [0.29, 0.717) is 11.7 Å². The van der Waals surface area contributed by atoms with Crippen LogP contribution in [0.3, 0.4) is 0 Å². The van der Waals surface area contributed by atoms with Gasteiger partial charge in [-0.3, -0.25) is 4.79 Å². The number of benzene rings is 3. The number of hydrogen-bond acceptors (Lipinski definition) is 4. The number of fused-ring (bicyclic) bond motifs is 2. The van der Waals surface area contributed by atoms with Gasteiger partial charge in [0.05, 0.1) is 16.0 Å². The molecule has 0 bridgehead atoms. The van der Waals surface area contributed by atoms with Gasteiger partial charge in [-0.2, -0.15) is 0 Å². The number of anilines is 1. The highest BCUT2D eigenvalue weighted by molar-refractivity contribution is 8.00. The van der Waals surface area contributed by atoms with Crippen LogP contribution in [0.5, 0.6) is 0 Å². The zero-order chi connectivity index (χ0) is 21.2. The summed E-state index contributed by atoms with van der Waals surface area (Å²) in [6, 6.07) is 22.5. The quantitative estimate of drug-likeness (QED) is 0.317. The van der Waals surface area contributed by atoms with Gasteiger partial charge in [0.2, 0.25) is 5.91 Å². The average molecular weight is 448 g/mol. The Hall–Kier alpha value is -3.16. The second kappa shape index (κ2) is 8.53. The number of para-hydroxylation sites is 2. The van der Waals surface area contributed by atoms with E-state index < -0.39 is 0 Å². The summed E-state index contributed by atoms with van der Waals surface area (Å²) in [6.45, 7) is 0.566. The summed E-state index contributed by atoms with van der Waals surface area (Å²) >= 11 is 2.96. The second-order valence-corrected chi connectivity index (χ2v) is 9.14. The molecule has 2 heterocycles. The largest absolute Gasteiger partial charge is 0.342 e. The molecule has 1 amide bonds. The van der Waals surface area contributed by atoms with E-state index in [4.69, 9.17) is 0 Å². The summed E-state index contributed by atoms with van der Waals surface area (Å²) < 4.78 is 16.7. The highest BCUT2D eigenvalue weighted by atomic mass is 32.2. The number of hydrogen-bond donors (Lipinski definition) is 1. The first-order valence-corrected chi connectivity index (χ1v) is 11.6. The van der Waals surface area contributed by atoms with Crippen LogP contribution in [0.25, 0.3) is 21.1 Å². The van der Waals surface area contributed by atoms with E-state index in [1.54, 1.807) is 12.1 Å². The van der Waals surface area contributed by atoms with Gasteiger partial charge >= 0.3 is 0 Å². The van der Waals surface area contributed by atoms with E-state index >= 15 is 0 Å². The van der Waals surface area contributed by atoms with E-state index in [-0.39, 0.29) is 17.5 Å². The van der Waals surface area contributed by atoms with Crippen molar-refractivity contribution in [1.29, 1.82) is 0 Å². The number of nitrogens with one attached hydrogen (secondary N) is 1. The molecule has 2 aromatic heterocycles. The Bertz CT molecular complexity index is 1360. The Morgan fingerprint density at radius 3 is 2.77 bits per heavy atom. The molecule has 0 aliphatic carbocycles. The molecular weight excluding hydrogens is 429 g/mol. The third-order valence-electron chi connectivity index (χ3n) is 4.89. The van der Waals surface area contributed by atoms with Crippen molar-refractivity contribution < 1.29 is 9.18 Å². The van der Waals surface area contributed by atoms with Crippen molar-refractivity contribution >= 4 is 55.3 Å². The van der Waals surface area contributed by atoms with Gasteiger partial charge in [0.25, 0.3) is 0 Å². The predicted octanol–water partition coefficient (Wildman–Crippen LogP) is 6.17. The van der Waals surface area contributed by atoms with Gasteiger partial charge in [-0.15, -0.1) is 11.8 Å². The van der Waals surface area contributed by atoms with E-state index in [9.17, 15) is 9.18 Å². The fourth-order valence-electron chi connectivity index (χ4n) is 3.52. The van der Waals surface area contributed by atoms with Gasteiger partial charge in [0.15, 0.2) is 5.13 Å². The van der Waals surface area contributed by atoms with Gasteiger partial charge in [-0.25, -0.2) is 9.37 Å². The van der Waals surface area contributed by atoms with Crippen molar-refractivity contribution in [2.24, 2.45) is 0 Å². The summed E-state index contributed by atoms with van der Waals surface area (Å²) in [7, 11) is 0. The smallest absolute Gasteiger partial charge is 0.236 e. The van der Waals surface area contributed by atoms with Crippen molar-refractivity contribution in [3.05, 3.63) is 90.4 Å². The topological polar surface area (TPSA) is 46.9 Å². The number of carbonyl (C=O) groups is 1. The summed E-state index contributed by atoms with van der Waals surface area (Å²) in [4.78, 5) is 18.0. The number of rotatable bonds is 6. The summed E-state index contributed by atoms with van der Waals surface area (Å²) in [6.07, 6.45) is 2.03. The fraction of sp³-hybridized carbons (Fsp3) is 0.0833. The lowest BCUT2D eigenvalue weighted by molar-refractivity contribution is -0.113. The summed E-state index contributed by atoms with van der Waals surface area (Å²) in [5.74, 6) is -0.0507. The van der Waals surface area contributed by atoms with Crippen molar-refractivity contribution in [3.8, 4) is 0 Å². The summed E-state index contributed by atoms with van der Waals surface area (Å²) in [5, 5.41) is 4.59. The molecule has 1 N–H and O–H groups in total. The lowest BCUT2D eigenvalue weighted by Crippen LogP contribution is -2.13. The molecule has 0 aliphatic heterocycles. The van der Waals surface area contributed by atoms with Crippen LogP contribution in [0.1, 0.15) is 5.56 Å². The fourth-order valence-corrected chi connectivity index (χ4v) is 5.29. The van der Waals surface area contributed by atoms with E-state index in [1.165, 1.54) is 29.2 Å². The third kappa shape index (κ3) is 4.33. The Morgan fingerprint density at radius 2 is 1.90 bits per heavy atom. The molecule has 4 nitrogen and oxygen atoms in total.